The molecule has 0 aromatic heterocycles. The van der Waals surface area contributed by atoms with E-state index >= 15 is 0 Å². The van der Waals surface area contributed by atoms with E-state index in [1.165, 1.54) is 11.1 Å². The molecule has 23 heavy (non-hydrogen) atoms. The van der Waals surface area contributed by atoms with Crippen LogP contribution in [0.15, 0.2) is 24.3 Å². The zero-order valence-electron chi connectivity index (χ0n) is 13.8. The van der Waals surface area contributed by atoms with Crippen molar-refractivity contribution in [2.45, 2.75) is 51.2 Å². The average molecular weight is 326 g/mol. The summed E-state index contributed by atoms with van der Waals surface area (Å²) < 4.78 is 32.7. The lowest BCUT2D eigenvalue weighted by molar-refractivity contribution is -0.00535. The molecule has 0 aliphatic heterocycles. The number of alkyl halides is 2. The summed E-state index contributed by atoms with van der Waals surface area (Å²) in [4.78, 5) is 11.4. The number of amides is 1. The summed E-state index contributed by atoms with van der Waals surface area (Å²) >= 11 is 0. The summed E-state index contributed by atoms with van der Waals surface area (Å²) in [6.45, 7) is 3.84. The van der Waals surface area contributed by atoms with Crippen molar-refractivity contribution in [3.8, 4) is 0 Å². The maximum Gasteiger partial charge on any atom is 0.407 e. The number of hydrogen-bond donors (Lipinski definition) is 2. The maximum absolute atomic E-state index is 13.9. The first-order valence-corrected chi connectivity index (χ1v) is 7.79. The van der Waals surface area contributed by atoms with Gasteiger partial charge in [0.1, 0.15) is 5.60 Å². The second-order valence-electron chi connectivity index (χ2n) is 6.97. The molecule has 0 fully saturated rings. The third-order valence-corrected chi connectivity index (χ3v) is 3.59. The molecule has 0 bridgehead atoms. The Labute approximate surface area is 135 Å². The first kappa shape index (κ1) is 17.7. The minimum atomic E-state index is -3.02. The van der Waals surface area contributed by atoms with Gasteiger partial charge in [-0.05, 0) is 44.7 Å². The summed E-state index contributed by atoms with van der Waals surface area (Å²) in [6, 6.07) is 7.99. The van der Waals surface area contributed by atoms with E-state index in [0.717, 1.165) is 12.8 Å². The SMILES string of the molecule is CC(C)(C)OC(=O)NCC(F)(F)CNC1Cc2ccccc2C1. The molecule has 2 rings (SSSR count). The molecule has 0 saturated carbocycles. The van der Waals surface area contributed by atoms with Crippen LogP contribution in [0.1, 0.15) is 31.9 Å². The zero-order valence-corrected chi connectivity index (χ0v) is 13.8. The molecule has 1 aromatic carbocycles. The number of carbonyl (C=O) groups excluding carboxylic acids is 1. The van der Waals surface area contributed by atoms with Gasteiger partial charge in [-0.3, -0.25) is 0 Å². The van der Waals surface area contributed by atoms with E-state index in [2.05, 4.69) is 10.6 Å². The zero-order chi connectivity index (χ0) is 17.1. The largest absolute Gasteiger partial charge is 0.444 e. The van der Waals surface area contributed by atoms with E-state index < -0.39 is 30.7 Å². The van der Waals surface area contributed by atoms with Crippen LogP contribution in [0.5, 0.6) is 0 Å². The molecule has 0 heterocycles. The van der Waals surface area contributed by atoms with E-state index in [4.69, 9.17) is 4.74 Å². The summed E-state index contributed by atoms with van der Waals surface area (Å²) in [7, 11) is 0. The molecule has 0 spiro atoms. The van der Waals surface area contributed by atoms with Crippen molar-refractivity contribution in [2.75, 3.05) is 13.1 Å². The third kappa shape index (κ3) is 5.78. The molecule has 0 atom stereocenters. The highest BCUT2D eigenvalue weighted by molar-refractivity contribution is 5.67. The van der Waals surface area contributed by atoms with Crippen molar-refractivity contribution in [3.05, 3.63) is 35.4 Å². The van der Waals surface area contributed by atoms with E-state index in [1.807, 2.05) is 24.3 Å². The van der Waals surface area contributed by atoms with Gasteiger partial charge >= 0.3 is 6.09 Å². The normalized spacial score (nSPS) is 15.3. The number of hydrogen-bond acceptors (Lipinski definition) is 3. The summed E-state index contributed by atoms with van der Waals surface area (Å²) in [5.41, 5.74) is 1.72. The van der Waals surface area contributed by atoms with Crippen molar-refractivity contribution in [1.82, 2.24) is 10.6 Å². The van der Waals surface area contributed by atoms with E-state index in [0.29, 0.717) is 0 Å². The van der Waals surface area contributed by atoms with Crippen LogP contribution >= 0.6 is 0 Å². The molecule has 6 heteroatoms. The summed E-state index contributed by atoms with van der Waals surface area (Å²) in [5, 5.41) is 5.02. The molecular formula is C17H24F2N2O2. The number of benzene rings is 1. The molecular weight excluding hydrogens is 302 g/mol. The summed E-state index contributed by atoms with van der Waals surface area (Å²) in [5.74, 6) is -3.02. The van der Waals surface area contributed by atoms with E-state index in [9.17, 15) is 13.6 Å². The molecule has 4 nitrogen and oxygen atoms in total. The lowest BCUT2D eigenvalue weighted by Gasteiger charge is -2.23. The number of ether oxygens (including phenoxy) is 1. The number of carbonyl (C=O) groups is 1. The Hall–Kier alpha value is -1.69. The minimum absolute atomic E-state index is 0.0137. The number of alkyl carbamates (subject to hydrolysis) is 1. The van der Waals surface area contributed by atoms with Gasteiger partial charge in [-0.1, -0.05) is 24.3 Å². The van der Waals surface area contributed by atoms with Crippen molar-refractivity contribution >= 4 is 6.09 Å². The maximum atomic E-state index is 13.9. The number of fused-ring (bicyclic) bond motifs is 1. The van der Waals surface area contributed by atoms with Gasteiger partial charge in [0, 0.05) is 6.04 Å². The van der Waals surface area contributed by atoms with Crippen LogP contribution in [-0.2, 0) is 17.6 Å². The third-order valence-electron chi connectivity index (χ3n) is 3.59. The Morgan fingerprint density at radius 1 is 1.17 bits per heavy atom. The van der Waals surface area contributed by atoms with Crippen LogP contribution in [0.25, 0.3) is 0 Å². The Bertz CT molecular complexity index is 531. The van der Waals surface area contributed by atoms with Gasteiger partial charge in [-0.25, -0.2) is 13.6 Å². The number of nitrogens with one attached hydrogen (secondary N) is 2. The van der Waals surface area contributed by atoms with Crippen LogP contribution in [0.3, 0.4) is 0 Å². The van der Waals surface area contributed by atoms with Gasteiger partial charge in [0.25, 0.3) is 5.92 Å². The topological polar surface area (TPSA) is 50.4 Å². The molecule has 2 N–H and O–H groups in total. The molecule has 128 valence electrons. The molecule has 0 saturated heterocycles. The standard InChI is InChI=1S/C17H24F2N2O2/c1-16(2,3)23-15(22)21-11-17(18,19)10-20-14-8-12-6-4-5-7-13(12)9-14/h4-7,14,20H,8-11H2,1-3H3,(H,21,22). The van der Waals surface area contributed by atoms with Crippen LogP contribution in [0.4, 0.5) is 13.6 Å². The molecule has 1 amide bonds. The first-order chi connectivity index (χ1) is 10.6. The van der Waals surface area contributed by atoms with Crippen molar-refractivity contribution in [2.24, 2.45) is 0 Å². The van der Waals surface area contributed by atoms with Gasteiger partial charge in [0.15, 0.2) is 0 Å². The molecule has 1 aliphatic carbocycles. The van der Waals surface area contributed by atoms with Crippen LogP contribution in [0.2, 0.25) is 0 Å². The lowest BCUT2D eigenvalue weighted by Crippen LogP contribution is -2.47. The van der Waals surface area contributed by atoms with Gasteiger partial charge in [-0.15, -0.1) is 0 Å². The fourth-order valence-corrected chi connectivity index (χ4v) is 2.58. The molecule has 0 unspecified atom stereocenters. The smallest absolute Gasteiger partial charge is 0.407 e. The van der Waals surface area contributed by atoms with Crippen LogP contribution < -0.4 is 10.6 Å². The Kier molecular flexibility index (Phi) is 5.24. The van der Waals surface area contributed by atoms with Crippen LogP contribution in [-0.4, -0.2) is 36.7 Å². The van der Waals surface area contributed by atoms with Crippen LogP contribution in [0, 0.1) is 0 Å². The van der Waals surface area contributed by atoms with E-state index in [-0.39, 0.29) is 6.04 Å². The highest BCUT2D eigenvalue weighted by atomic mass is 19.3. The lowest BCUT2D eigenvalue weighted by atomic mass is 10.1. The predicted molar refractivity (Wildman–Crippen MR) is 84.8 cm³/mol. The highest BCUT2D eigenvalue weighted by Gasteiger charge is 2.32. The number of halogens is 2. The van der Waals surface area contributed by atoms with Crippen molar-refractivity contribution in [3.63, 3.8) is 0 Å². The van der Waals surface area contributed by atoms with Crippen molar-refractivity contribution in [1.29, 1.82) is 0 Å². The fourth-order valence-electron chi connectivity index (χ4n) is 2.58. The highest BCUT2D eigenvalue weighted by Crippen LogP contribution is 2.22. The predicted octanol–water partition coefficient (Wildman–Crippen LogP) is 2.90. The van der Waals surface area contributed by atoms with Gasteiger partial charge in [-0.2, -0.15) is 0 Å². The van der Waals surface area contributed by atoms with E-state index in [1.54, 1.807) is 20.8 Å². The van der Waals surface area contributed by atoms with Crippen molar-refractivity contribution < 1.29 is 18.3 Å². The van der Waals surface area contributed by atoms with Gasteiger partial charge in [0.05, 0.1) is 13.1 Å². The summed E-state index contributed by atoms with van der Waals surface area (Å²) in [6.07, 6.45) is 0.683. The minimum Gasteiger partial charge on any atom is -0.444 e. The van der Waals surface area contributed by atoms with Gasteiger partial charge in [0.2, 0.25) is 0 Å². The molecule has 1 aromatic rings. The second-order valence-corrected chi connectivity index (χ2v) is 6.97. The Morgan fingerprint density at radius 3 is 2.26 bits per heavy atom. The number of rotatable bonds is 5. The molecule has 0 radical (unpaired) electrons. The average Bonchev–Trinajstić information content (AvgIpc) is 2.84. The monoisotopic (exact) mass is 326 g/mol. The first-order valence-electron chi connectivity index (χ1n) is 7.79. The Balaban J connectivity index is 1.74. The second kappa shape index (κ2) is 6.83. The Morgan fingerprint density at radius 2 is 1.74 bits per heavy atom. The molecule has 1 aliphatic rings. The van der Waals surface area contributed by atoms with Gasteiger partial charge < -0.3 is 15.4 Å². The quantitative estimate of drug-likeness (QED) is 0.875. The fraction of sp³-hybridized carbons (Fsp3) is 0.588.